The maximum absolute atomic E-state index is 13.3. The van der Waals surface area contributed by atoms with Gasteiger partial charge in [0.1, 0.15) is 0 Å². The monoisotopic (exact) mass is 456 g/mol. The Hall–Kier alpha value is -2.65. The number of hydrogen-bond acceptors (Lipinski definition) is 5. The van der Waals surface area contributed by atoms with Gasteiger partial charge in [-0.05, 0) is 40.8 Å². The maximum Gasteiger partial charge on any atom is 0.374 e. The average Bonchev–Trinajstić information content (AvgIpc) is 2.94. The minimum Gasteiger partial charge on any atom is -0.317 e. The molecule has 5 rings (SSSR count). The van der Waals surface area contributed by atoms with E-state index >= 15 is 0 Å². The van der Waals surface area contributed by atoms with Crippen molar-refractivity contribution in [2.45, 2.75) is 17.7 Å². The van der Waals surface area contributed by atoms with Gasteiger partial charge in [0.15, 0.2) is 0 Å². The van der Waals surface area contributed by atoms with E-state index in [1.165, 1.54) is 16.4 Å². The van der Waals surface area contributed by atoms with Crippen molar-refractivity contribution < 1.29 is 9.48 Å². The van der Waals surface area contributed by atoms with Gasteiger partial charge in [0.05, 0.1) is 22.5 Å². The summed E-state index contributed by atoms with van der Waals surface area (Å²) in [7, 11) is 0. The molecule has 7 nitrogen and oxygen atoms in total. The topological polar surface area (TPSA) is 90.8 Å². The van der Waals surface area contributed by atoms with E-state index in [1.807, 2.05) is 49.4 Å². The van der Waals surface area contributed by atoms with E-state index in [9.17, 15) is 9.59 Å². The predicted molar refractivity (Wildman–Crippen MR) is 110 cm³/mol. The van der Waals surface area contributed by atoms with Crippen LogP contribution in [-0.4, -0.2) is 21.7 Å². The summed E-state index contributed by atoms with van der Waals surface area (Å²) < 4.78 is 2.36. The quantitative estimate of drug-likeness (QED) is 0.407. The number of hydrogen-bond donors (Lipinski definition) is 3. The molecule has 2 aliphatic rings. The summed E-state index contributed by atoms with van der Waals surface area (Å²) in [5.74, 6) is 0.458. The van der Waals surface area contributed by atoms with E-state index < -0.39 is 5.66 Å². The highest BCUT2D eigenvalue weighted by atomic mass is 79.9. The minimum atomic E-state index is -1.35. The van der Waals surface area contributed by atoms with Crippen molar-refractivity contribution in [3.8, 4) is 11.3 Å². The first-order valence-corrected chi connectivity index (χ1v) is 10.5. The lowest BCUT2D eigenvalue weighted by Crippen LogP contribution is -2.71. The highest BCUT2D eigenvalue weighted by Crippen LogP contribution is 2.42. The van der Waals surface area contributed by atoms with Crippen LogP contribution >= 0.6 is 27.7 Å². The van der Waals surface area contributed by atoms with Crippen molar-refractivity contribution in [3.05, 3.63) is 62.9 Å². The number of para-hydroxylation sites is 1. The molecule has 1 aromatic heterocycles. The van der Waals surface area contributed by atoms with Gasteiger partial charge in [-0.2, -0.15) is 0 Å². The Morgan fingerprint density at radius 2 is 2.00 bits per heavy atom. The van der Waals surface area contributed by atoms with Gasteiger partial charge in [-0.3, -0.25) is 14.6 Å². The van der Waals surface area contributed by atoms with Crippen LogP contribution in [0.4, 0.5) is 11.4 Å². The number of rotatable bonds is 2. The minimum absolute atomic E-state index is 0.282. The maximum atomic E-state index is 13.3. The molecular weight excluding hydrogens is 442 g/mol. The van der Waals surface area contributed by atoms with E-state index in [0.29, 0.717) is 33.4 Å². The Bertz CT molecular complexity index is 1210. The first kappa shape index (κ1) is 17.4. The molecule has 2 aliphatic heterocycles. The van der Waals surface area contributed by atoms with Crippen molar-refractivity contribution in [1.29, 1.82) is 0 Å². The lowest BCUT2D eigenvalue weighted by atomic mass is 9.95. The SMILES string of the molecule is CCSc1n[n+]2c(c(=O)[nH]1)-c1ccccc1N[C@]21C(=O)Nc2ccc(Br)cc21. The molecule has 2 aromatic carbocycles. The molecule has 0 aliphatic carbocycles. The van der Waals surface area contributed by atoms with Gasteiger partial charge >= 0.3 is 22.8 Å². The Balaban J connectivity index is 1.90. The molecule has 1 spiro atoms. The third-order valence-corrected chi connectivity index (χ3v) is 6.12. The fourth-order valence-electron chi connectivity index (χ4n) is 3.74. The van der Waals surface area contributed by atoms with Gasteiger partial charge in [0.25, 0.3) is 0 Å². The molecular formula is C19H15BrN5O2S+. The standard InChI is InChI=1S/C19H14BrN5O2S/c1-2-28-18-22-16(26)15-11-5-3-4-6-13(11)23-19(25(15)24-18)12-9-10(20)7-8-14(12)21-17(19)27/h3-9H,2H2,1H3,(H2,21,22,24,26,27)/p+1/t19-/m0/s1. The third-order valence-electron chi connectivity index (χ3n) is 4.88. The fraction of sp³-hybridized carbons (Fsp3) is 0.158. The molecule has 1 atom stereocenters. The van der Waals surface area contributed by atoms with Gasteiger partial charge < -0.3 is 10.6 Å². The predicted octanol–water partition coefficient (Wildman–Crippen LogP) is 2.68. The number of aromatic amines is 1. The number of halogens is 1. The van der Waals surface area contributed by atoms with Crippen LogP contribution in [0.3, 0.4) is 0 Å². The van der Waals surface area contributed by atoms with Gasteiger partial charge in [0.2, 0.25) is 5.16 Å². The van der Waals surface area contributed by atoms with Crippen LogP contribution < -0.4 is 20.9 Å². The zero-order chi connectivity index (χ0) is 19.5. The number of anilines is 2. The highest BCUT2D eigenvalue weighted by molar-refractivity contribution is 9.10. The fourth-order valence-corrected chi connectivity index (χ4v) is 4.68. The second-order valence-electron chi connectivity index (χ2n) is 6.48. The van der Waals surface area contributed by atoms with Crippen molar-refractivity contribution in [3.63, 3.8) is 0 Å². The van der Waals surface area contributed by atoms with Crippen LogP contribution in [0.2, 0.25) is 0 Å². The second kappa shape index (κ2) is 6.18. The number of nitrogens with one attached hydrogen (secondary N) is 3. The van der Waals surface area contributed by atoms with Crippen LogP contribution in [0.5, 0.6) is 0 Å². The first-order chi connectivity index (χ1) is 13.5. The molecule has 3 aromatic rings. The molecule has 28 heavy (non-hydrogen) atoms. The molecule has 140 valence electrons. The molecule has 1 amide bonds. The first-order valence-electron chi connectivity index (χ1n) is 8.73. The van der Waals surface area contributed by atoms with Crippen molar-refractivity contribution in [1.82, 2.24) is 10.1 Å². The van der Waals surface area contributed by atoms with E-state index in [0.717, 1.165) is 10.2 Å². The van der Waals surface area contributed by atoms with Crippen LogP contribution in [0.15, 0.2) is 56.9 Å². The van der Waals surface area contributed by atoms with Gasteiger partial charge in [-0.1, -0.05) is 46.7 Å². The summed E-state index contributed by atoms with van der Waals surface area (Å²) in [5, 5.41) is 11.4. The number of fused-ring (bicyclic) bond motifs is 6. The summed E-state index contributed by atoms with van der Waals surface area (Å²) >= 11 is 4.91. The number of aromatic nitrogens is 3. The van der Waals surface area contributed by atoms with E-state index in [-0.39, 0.29) is 11.5 Å². The average molecular weight is 457 g/mol. The van der Waals surface area contributed by atoms with E-state index in [1.54, 1.807) is 0 Å². The number of thioether (sulfide) groups is 1. The van der Waals surface area contributed by atoms with Crippen molar-refractivity contribution in [2.75, 3.05) is 16.4 Å². The Morgan fingerprint density at radius 1 is 1.18 bits per heavy atom. The van der Waals surface area contributed by atoms with Crippen molar-refractivity contribution in [2.24, 2.45) is 0 Å². The normalized spacial score (nSPS) is 18.9. The number of amides is 1. The van der Waals surface area contributed by atoms with Crippen LogP contribution in [-0.2, 0) is 10.5 Å². The largest absolute Gasteiger partial charge is 0.374 e. The zero-order valence-corrected chi connectivity index (χ0v) is 17.1. The summed E-state index contributed by atoms with van der Waals surface area (Å²) in [6.07, 6.45) is 0. The van der Waals surface area contributed by atoms with Gasteiger partial charge in [-0.25, -0.2) is 0 Å². The molecule has 3 heterocycles. The Labute approximate surface area is 172 Å². The number of nitrogens with zero attached hydrogens (tertiary/aromatic N) is 2. The lowest BCUT2D eigenvalue weighted by molar-refractivity contribution is -0.781. The molecule has 3 N–H and O–H groups in total. The van der Waals surface area contributed by atoms with Crippen LogP contribution in [0.25, 0.3) is 11.3 Å². The summed E-state index contributed by atoms with van der Waals surface area (Å²) in [5.41, 5.74) is 1.51. The number of carbonyl (C=O) groups is 1. The lowest BCUT2D eigenvalue weighted by Gasteiger charge is -2.28. The second-order valence-corrected chi connectivity index (χ2v) is 8.65. The molecule has 0 fully saturated rings. The number of H-pyrrole nitrogens is 1. The highest BCUT2D eigenvalue weighted by Gasteiger charge is 2.62. The molecule has 0 unspecified atom stereocenters. The number of carbonyl (C=O) groups excluding carboxylic acids is 1. The molecule has 0 saturated heterocycles. The third kappa shape index (κ3) is 2.29. The van der Waals surface area contributed by atoms with E-state index in [4.69, 9.17) is 0 Å². The van der Waals surface area contributed by atoms with E-state index in [2.05, 4.69) is 36.6 Å². The summed E-state index contributed by atoms with van der Waals surface area (Å²) in [6, 6.07) is 13.0. The Morgan fingerprint density at radius 3 is 2.82 bits per heavy atom. The Kier molecular flexibility index (Phi) is 3.85. The number of benzene rings is 2. The molecule has 0 bridgehead atoms. The van der Waals surface area contributed by atoms with Crippen LogP contribution in [0.1, 0.15) is 12.5 Å². The molecule has 0 saturated carbocycles. The molecule has 0 radical (unpaired) electrons. The van der Waals surface area contributed by atoms with Crippen LogP contribution in [0, 0.1) is 0 Å². The zero-order valence-electron chi connectivity index (χ0n) is 14.7. The molecule has 9 heteroatoms. The summed E-state index contributed by atoms with van der Waals surface area (Å²) in [4.78, 5) is 29.2. The smallest absolute Gasteiger partial charge is 0.317 e. The van der Waals surface area contributed by atoms with Gasteiger partial charge in [-0.15, -0.1) is 0 Å². The summed E-state index contributed by atoms with van der Waals surface area (Å²) in [6.45, 7) is 1.98. The van der Waals surface area contributed by atoms with Crippen molar-refractivity contribution >= 4 is 45.0 Å². The van der Waals surface area contributed by atoms with Gasteiger partial charge in [0, 0.05) is 9.57 Å².